The van der Waals surface area contributed by atoms with Gasteiger partial charge in [0.2, 0.25) is 0 Å². The van der Waals surface area contributed by atoms with E-state index in [1.165, 1.54) is 16.7 Å². The van der Waals surface area contributed by atoms with Gasteiger partial charge in [0.15, 0.2) is 12.3 Å². The molecule has 0 saturated carbocycles. The lowest BCUT2D eigenvalue weighted by Crippen LogP contribution is -1.97. The van der Waals surface area contributed by atoms with Crippen LogP contribution in [0.25, 0.3) is 28.1 Å². The zero-order valence-corrected chi connectivity index (χ0v) is 19.2. The van der Waals surface area contributed by atoms with E-state index in [0.29, 0.717) is 0 Å². The number of aryl methyl sites for hydroxylation is 3. The number of benzene rings is 2. The normalized spacial score (nSPS) is 15.6. The first-order valence-electron chi connectivity index (χ1n) is 10.4. The molecule has 30 heavy (non-hydrogen) atoms. The minimum atomic E-state index is 0.264. The van der Waals surface area contributed by atoms with Crippen molar-refractivity contribution in [2.45, 2.75) is 48.0 Å². The van der Waals surface area contributed by atoms with Gasteiger partial charge in [0.1, 0.15) is 0 Å². The summed E-state index contributed by atoms with van der Waals surface area (Å²) in [6.45, 7) is 12.6. The molecule has 4 rings (SSSR count). The molecule has 2 aromatic carbocycles. The average molecular weight is 419 g/mol. The molecule has 2 heterocycles. The Bertz CT molecular complexity index is 1230. The molecule has 0 radical (unpaired) electrons. The first-order valence-corrected chi connectivity index (χ1v) is 11.0. The lowest BCUT2D eigenvalue weighted by molar-refractivity contribution is 0.917. The molecule has 0 saturated heterocycles. The van der Waals surface area contributed by atoms with E-state index >= 15 is 0 Å². The molecule has 0 spiro atoms. The van der Waals surface area contributed by atoms with Crippen LogP contribution in [0.2, 0.25) is 0 Å². The quantitative estimate of drug-likeness (QED) is 0.418. The van der Waals surface area contributed by atoms with Gasteiger partial charge < -0.3 is 0 Å². The fourth-order valence-corrected chi connectivity index (χ4v) is 5.28. The third-order valence-electron chi connectivity index (χ3n) is 6.05. The van der Waals surface area contributed by atoms with Gasteiger partial charge in [0.05, 0.1) is 17.1 Å². The van der Waals surface area contributed by atoms with Gasteiger partial charge in [-0.15, -0.1) is 3.89 Å². The third kappa shape index (κ3) is 3.24. The number of rotatable bonds is 4. The summed E-state index contributed by atoms with van der Waals surface area (Å²) >= 11 is 0.264. The Kier molecular flexibility index (Phi) is 5.46. The maximum atomic E-state index is 14.5. The highest BCUT2D eigenvalue weighted by molar-refractivity contribution is 7.92. The first kappa shape index (κ1) is 20.7. The van der Waals surface area contributed by atoms with Crippen molar-refractivity contribution in [2.24, 2.45) is 4.99 Å². The van der Waals surface area contributed by atoms with Crippen LogP contribution < -0.4 is 0 Å². The van der Waals surface area contributed by atoms with Gasteiger partial charge >= 0.3 is 0 Å². The molecule has 1 aromatic heterocycles. The smallest absolute Gasteiger partial charge is 0.170 e. The van der Waals surface area contributed by atoms with Crippen LogP contribution in [0.5, 0.6) is 0 Å². The van der Waals surface area contributed by atoms with E-state index in [1.54, 1.807) is 3.97 Å². The summed E-state index contributed by atoms with van der Waals surface area (Å²) in [5, 5.41) is 2.09. The molecule has 3 aromatic rings. The number of hydrogen-bond donors (Lipinski definition) is 0. The van der Waals surface area contributed by atoms with Crippen LogP contribution in [0.4, 0.5) is 3.89 Å². The minimum Gasteiger partial charge on any atom is -0.255 e. The molecular formula is C26H27FN2S. The summed E-state index contributed by atoms with van der Waals surface area (Å²) in [5.74, 6) is 0. The fraction of sp³-hybridized carbons (Fsp3) is 0.269. The molecule has 0 atom stereocenters. The van der Waals surface area contributed by atoms with Crippen molar-refractivity contribution in [1.82, 2.24) is 3.97 Å². The van der Waals surface area contributed by atoms with Gasteiger partial charge in [-0.05, 0) is 69.4 Å². The Labute approximate surface area is 182 Å². The van der Waals surface area contributed by atoms with Crippen molar-refractivity contribution >= 4 is 34.9 Å². The van der Waals surface area contributed by atoms with E-state index in [2.05, 4.69) is 65.8 Å². The Morgan fingerprint density at radius 3 is 2.20 bits per heavy atom. The Hall–Kier alpha value is -2.59. The second-order valence-electron chi connectivity index (χ2n) is 8.10. The molecule has 2 nitrogen and oxygen atoms in total. The van der Waals surface area contributed by atoms with Crippen molar-refractivity contribution in [3.05, 3.63) is 75.6 Å². The standard InChI is InChI=1S/C26H27FN2S/c1-7-20-18(5)23(28-19(20)6)14-24-21-10-8-9-11-22(21)26(29(24)30-27)25-16(3)12-15(2)13-17(25)4/h8-14H,7H2,1-6H3/b23-14-. The SMILES string of the molecule is CCC1=C(C)/C(=C/c2c3ccccc3c(-c3c(C)cc(C)cc3C)n2SF)N=C1C. The largest absolute Gasteiger partial charge is 0.255 e. The van der Waals surface area contributed by atoms with E-state index in [1.807, 2.05) is 18.2 Å². The summed E-state index contributed by atoms with van der Waals surface area (Å²) in [6, 6.07) is 12.5. The number of allylic oxidation sites excluding steroid dienone is 2. The van der Waals surface area contributed by atoms with Crippen LogP contribution >= 0.6 is 12.3 Å². The fourth-order valence-electron chi connectivity index (χ4n) is 4.80. The van der Waals surface area contributed by atoms with Gasteiger partial charge in [-0.3, -0.25) is 8.96 Å². The van der Waals surface area contributed by atoms with Gasteiger partial charge in [0.25, 0.3) is 0 Å². The minimum absolute atomic E-state index is 0.264. The molecular weight excluding hydrogens is 391 g/mol. The number of fused-ring (bicyclic) bond motifs is 1. The average Bonchev–Trinajstić information content (AvgIpc) is 3.15. The molecule has 0 fully saturated rings. The van der Waals surface area contributed by atoms with Crippen LogP contribution in [0.3, 0.4) is 0 Å². The third-order valence-corrected chi connectivity index (χ3v) is 6.57. The summed E-state index contributed by atoms with van der Waals surface area (Å²) in [5.41, 5.74) is 10.8. The second kappa shape index (κ2) is 7.92. The van der Waals surface area contributed by atoms with Crippen molar-refractivity contribution < 1.29 is 3.89 Å². The number of nitrogens with zero attached hydrogens (tertiary/aromatic N) is 2. The molecule has 154 valence electrons. The highest BCUT2D eigenvalue weighted by Gasteiger charge is 2.23. The zero-order chi connectivity index (χ0) is 21.6. The zero-order valence-electron chi connectivity index (χ0n) is 18.4. The monoisotopic (exact) mass is 418 g/mol. The summed E-state index contributed by atoms with van der Waals surface area (Å²) in [7, 11) is 0. The van der Waals surface area contributed by atoms with Gasteiger partial charge in [-0.2, -0.15) is 0 Å². The molecule has 0 bridgehead atoms. The van der Waals surface area contributed by atoms with Crippen LogP contribution in [-0.2, 0) is 0 Å². The molecule has 0 N–H and O–H groups in total. The number of aliphatic imine (C=N–C) groups is 1. The van der Waals surface area contributed by atoms with Crippen molar-refractivity contribution in [1.29, 1.82) is 0 Å². The van der Waals surface area contributed by atoms with Gasteiger partial charge in [-0.1, -0.05) is 48.9 Å². The van der Waals surface area contributed by atoms with Crippen LogP contribution in [0, 0.1) is 20.8 Å². The molecule has 0 amide bonds. The van der Waals surface area contributed by atoms with Gasteiger partial charge in [-0.25, -0.2) is 0 Å². The lowest BCUT2D eigenvalue weighted by atomic mass is 9.95. The summed E-state index contributed by atoms with van der Waals surface area (Å²) < 4.78 is 16.2. The molecule has 0 unspecified atom stereocenters. The molecule has 1 aliphatic rings. The predicted molar refractivity (Wildman–Crippen MR) is 130 cm³/mol. The Morgan fingerprint density at radius 1 is 1.00 bits per heavy atom. The maximum absolute atomic E-state index is 14.5. The number of hydrogen-bond acceptors (Lipinski definition) is 2. The van der Waals surface area contributed by atoms with E-state index in [9.17, 15) is 3.89 Å². The first-order chi connectivity index (χ1) is 14.4. The lowest BCUT2D eigenvalue weighted by Gasteiger charge is -2.14. The van der Waals surface area contributed by atoms with E-state index in [-0.39, 0.29) is 12.3 Å². The van der Waals surface area contributed by atoms with Crippen LogP contribution in [-0.4, -0.2) is 9.68 Å². The summed E-state index contributed by atoms with van der Waals surface area (Å²) in [6.07, 6.45) is 2.99. The molecule has 4 heteroatoms. The number of aromatic nitrogens is 1. The highest BCUT2D eigenvalue weighted by atomic mass is 32.2. The Balaban J connectivity index is 2.06. The molecule has 1 aliphatic heterocycles. The summed E-state index contributed by atoms with van der Waals surface area (Å²) in [4.78, 5) is 4.79. The topological polar surface area (TPSA) is 17.3 Å². The number of halogens is 1. The van der Waals surface area contributed by atoms with E-state index < -0.39 is 0 Å². The molecule has 0 aliphatic carbocycles. The second-order valence-corrected chi connectivity index (χ2v) is 8.60. The van der Waals surface area contributed by atoms with Crippen LogP contribution in [0.1, 0.15) is 49.6 Å². The Morgan fingerprint density at radius 2 is 1.63 bits per heavy atom. The van der Waals surface area contributed by atoms with E-state index in [4.69, 9.17) is 4.99 Å². The van der Waals surface area contributed by atoms with E-state index in [0.717, 1.165) is 56.7 Å². The van der Waals surface area contributed by atoms with Crippen molar-refractivity contribution in [3.8, 4) is 11.3 Å². The predicted octanol–water partition coefficient (Wildman–Crippen LogP) is 8.16. The highest BCUT2D eigenvalue weighted by Crippen LogP contribution is 2.42. The van der Waals surface area contributed by atoms with Crippen molar-refractivity contribution in [2.75, 3.05) is 0 Å². The van der Waals surface area contributed by atoms with Crippen molar-refractivity contribution in [3.63, 3.8) is 0 Å². The maximum Gasteiger partial charge on any atom is 0.170 e. The van der Waals surface area contributed by atoms with Crippen LogP contribution in [0.15, 0.2) is 58.2 Å². The van der Waals surface area contributed by atoms with Gasteiger partial charge in [0, 0.05) is 22.0 Å².